The van der Waals surface area contributed by atoms with Gasteiger partial charge >= 0.3 is 0 Å². The zero-order valence-corrected chi connectivity index (χ0v) is 12.6. The second-order valence-corrected chi connectivity index (χ2v) is 6.05. The summed E-state index contributed by atoms with van der Waals surface area (Å²) in [7, 11) is 0. The van der Waals surface area contributed by atoms with Gasteiger partial charge in [0, 0.05) is 11.5 Å². The van der Waals surface area contributed by atoms with Crippen molar-refractivity contribution in [1.82, 2.24) is 10.2 Å². The highest BCUT2D eigenvalue weighted by atomic mass is 32.1. The topological polar surface area (TPSA) is 41.6 Å². The van der Waals surface area contributed by atoms with Crippen LogP contribution in [-0.2, 0) is 9.53 Å². The summed E-state index contributed by atoms with van der Waals surface area (Å²) in [6.45, 7) is 7.96. The number of amides is 1. The van der Waals surface area contributed by atoms with Gasteiger partial charge in [-0.25, -0.2) is 0 Å². The maximum absolute atomic E-state index is 12.2. The van der Waals surface area contributed by atoms with Gasteiger partial charge in [-0.1, -0.05) is 19.9 Å². The molecule has 1 saturated heterocycles. The normalized spacial score (nSPS) is 21.4. The summed E-state index contributed by atoms with van der Waals surface area (Å²) in [6.07, 6.45) is 0.000330. The van der Waals surface area contributed by atoms with Crippen molar-refractivity contribution in [3.05, 3.63) is 22.4 Å². The molecule has 5 heteroatoms. The van der Waals surface area contributed by atoms with Gasteiger partial charge in [-0.3, -0.25) is 10.1 Å². The average Bonchev–Trinajstić information content (AvgIpc) is 3.00. The van der Waals surface area contributed by atoms with E-state index in [4.69, 9.17) is 4.74 Å². The first-order valence-electron chi connectivity index (χ1n) is 6.80. The van der Waals surface area contributed by atoms with Crippen molar-refractivity contribution in [2.75, 3.05) is 19.8 Å². The number of carbonyl (C=O) groups is 1. The van der Waals surface area contributed by atoms with Crippen molar-refractivity contribution in [3.8, 4) is 0 Å². The first-order valence-corrected chi connectivity index (χ1v) is 7.68. The lowest BCUT2D eigenvalue weighted by molar-refractivity contribution is -0.133. The van der Waals surface area contributed by atoms with E-state index in [0.29, 0.717) is 25.7 Å². The van der Waals surface area contributed by atoms with Crippen LogP contribution in [0.25, 0.3) is 0 Å². The second-order valence-electron chi connectivity index (χ2n) is 5.07. The lowest BCUT2D eigenvalue weighted by Gasteiger charge is -2.34. The summed E-state index contributed by atoms with van der Waals surface area (Å²) in [4.78, 5) is 15.4. The lowest BCUT2D eigenvalue weighted by Crippen LogP contribution is -2.45. The van der Waals surface area contributed by atoms with Crippen LogP contribution >= 0.6 is 11.3 Å². The van der Waals surface area contributed by atoms with Crippen LogP contribution < -0.4 is 5.32 Å². The molecule has 4 nitrogen and oxygen atoms in total. The molecule has 2 rings (SSSR count). The molecule has 2 atom stereocenters. The molecule has 0 saturated carbocycles. The van der Waals surface area contributed by atoms with Crippen molar-refractivity contribution < 1.29 is 9.53 Å². The number of carbonyl (C=O) groups excluding carboxylic acids is 1. The summed E-state index contributed by atoms with van der Waals surface area (Å²) < 4.78 is 5.57. The minimum absolute atomic E-state index is 0.000330. The van der Waals surface area contributed by atoms with Crippen LogP contribution in [0.4, 0.5) is 0 Å². The van der Waals surface area contributed by atoms with Gasteiger partial charge in [0.2, 0.25) is 5.91 Å². The molecule has 106 valence electrons. The monoisotopic (exact) mass is 282 g/mol. The molecule has 1 aromatic heterocycles. The molecular formula is C14H22N2O2S. The van der Waals surface area contributed by atoms with Crippen molar-refractivity contribution in [2.45, 2.75) is 33.0 Å². The van der Waals surface area contributed by atoms with Gasteiger partial charge in [-0.05, 0) is 24.3 Å². The maximum atomic E-state index is 12.2. The van der Waals surface area contributed by atoms with E-state index in [-0.39, 0.29) is 18.1 Å². The quantitative estimate of drug-likeness (QED) is 0.870. The van der Waals surface area contributed by atoms with Crippen LogP contribution in [0.1, 0.15) is 31.8 Å². The van der Waals surface area contributed by atoms with Gasteiger partial charge in [0.1, 0.15) is 6.17 Å². The standard InChI is InChI=1S/C14H22N2O2S/c1-4-18-9-11(10(2)3)16-13(17)8-15-14(16)12-6-5-7-19-12/h5-7,10-11,14-15H,4,8-9H2,1-3H3. The maximum Gasteiger partial charge on any atom is 0.238 e. The SMILES string of the molecule is CCOCC(C(C)C)N1C(=O)CNC1c1cccs1. The molecule has 1 N–H and O–H groups in total. The molecule has 0 spiro atoms. The Hall–Kier alpha value is -0.910. The molecule has 0 bridgehead atoms. The fourth-order valence-electron chi connectivity index (χ4n) is 2.41. The molecule has 0 radical (unpaired) electrons. The number of ether oxygens (including phenoxy) is 1. The highest BCUT2D eigenvalue weighted by Gasteiger charge is 2.38. The molecule has 1 aromatic rings. The number of hydrogen-bond acceptors (Lipinski definition) is 4. The molecule has 1 amide bonds. The fraction of sp³-hybridized carbons (Fsp3) is 0.643. The Balaban J connectivity index is 2.19. The van der Waals surface area contributed by atoms with E-state index >= 15 is 0 Å². The number of nitrogens with zero attached hydrogens (tertiary/aromatic N) is 1. The van der Waals surface area contributed by atoms with Gasteiger partial charge in [-0.15, -0.1) is 11.3 Å². The molecule has 19 heavy (non-hydrogen) atoms. The first-order chi connectivity index (χ1) is 9.15. The summed E-state index contributed by atoms with van der Waals surface area (Å²) in [5.41, 5.74) is 0. The van der Waals surface area contributed by atoms with Crippen LogP contribution in [0.2, 0.25) is 0 Å². The molecule has 0 aliphatic carbocycles. The van der Waals surface area contributed by atoms with Crippen molar-refractivity contribution in [3.63, 3.8) is 0 Å². The Bertz CT molecular complexity index is 406. The fourth-order valence-corrected chi connectivity index (χ4v) is 3.21. The predicted octanol–water partition coefficient (Wildman–Crippen LogP) is 2.24. The smallest absolute Gasteiger partial charge is 0.238 e. The highest BCUT2D eigenvalue weighted by molar-refractivity contribution is 7.10. The second kappa shape index (κ2) is 6.50. The van der Waals surface area contributed by atoms with Gasteiger partial charge in [0.05, 0.1) is 19.2 Å². The van der Waals surface area contributed by atoms with E-state index in [1.807, 2.05) is 23.3 Å². The zero-order valence-electron chi connectivity index (χ0n) is 11.8. The Morgan fingerprint density at radius 3 is 2.95 bits per heavy atom. The third-order valence-corrected chi connectivity index (χ3v) is 4.37. The highest BCUT2D eigenvalue weighted by Crippen LogP contribution is 2.30. The molecule has 0 aromatic carbocycles. The van der Waals surface area contributed by atoms with E-state index < -0.39 is 0 Å². The van der Waals surface area contributed by atoms with Crippen molar-refractivity contribution in [2.24, 2.45) is 5.92 Å². The average molecular weight is 282 g/mol. The zero-order chi connectivity index (χ0) is 13.8. The molecule has 1 aliphatic heterocycles. The van der Waals surface area contributed by atoms with Crippen LogP contribution in [0.5, 0.6) is 0 Å². The molecule has 2 unspecified atom stereocenters. The Labute approximate surface area is 118 Å². The van der Waals surface area contributed by atoms with Crippen molar-refractivity contribution in [1.29, 1.82) is 0 Å². The van der Waals surface area contributed by atoms with Gasteiger partial charge in [0.25, 0.3) is 0 Å². The van der Waals surface area contributed by atoms with Gasteiger partial charge in [-0.2, -0.15) is 0 Å². The molecule has 2 heterocycles. The minimum Gasteiger partial charge on any atom is -0.380 e. The molecular weight excluding hydrogens is 260 g/mol. The number of hydrogen-bond donors (Lipinski definition) is 1. The molecule has 1 fully saturated rings. The number of nitrogens with one attached hydrogen (secondary N) is 1. The summed E-state index contributed by atoms with van der Waals surface area (Å²) in [5, 5.41) is 5.35. The predicted molar refractivity (Wildman–Crippen MR) is 77.0 cm³/mol. The Morgan fingerprint density at radius 1 is 1.58 bits per heavy atom. The van der Waals surface area contributed by atoms with Crippen LogP contribution in [0, 0.1) is 5.92 Å². The first kappa shape index (κ1) is 14.5. The number of thiophene rings is 1. The Kier molecular flexibility index (Phi) is 4.96. The minimum atomic E-state index is 0.000330. The lowest BCUT2D eigenvalue weighted by atomic mass is 10.0. The summed E-state index contributed by atoms with van der Waals surface area (Å²) in [6, 6.07) is 4.22. The summed E-state index contributed by atoms with van der Waals surface area (Å²) in [5.74, 6) is 0.537. The van der Waals surface area contributed by atoms with E-state index in [1.54, 1.807) is 11.3 Å². The van der Waals surface area contributed by atoms with Crippen molar-refractivity contribution >= 4 is 17.2 Å². The Morgan fingerprint density at radius 2 is 2.37 bits per heavy atom. The van der Waals surface area contributed by atoms with Crippen LogP contribution in [0.3, 0.4) is 0 Å². The van der Waals surface area contributed by atoms with E-state index in [1.165, 1.54) is 4.88 Å². The van der Waals surface area contributed by atoms with Gasteiger partial charge in [0.15, 0.2) is 0 Å². The number of rotatable bonds is 6. The summed E-state index contributed by atoms with van der Waals surface area (Å²) >= 11 is 1.68. The third-order valence-electron chi connectivity index (χ3n) is 3.45. The van der Waals surface area contributed by atoms with E-state index in [2.05, 4.69) is 25.2 Å². The largest absolute Gasteiger partial charge is 0.380 e. The van der Waals surface area contributed by atoms with Gasteiger partial charge < -0.3 is 9.64 Å². The van der Waals surface area contributed by atoms with E-state index in [0.717, 1.165) is 0 Å². The van der Waals surface area contributed by atoms with E-state index in [9.17, 15) is 4.79 Å². The third kappa shape index (κ3) is 3.16. The van der Waals surface area contributed by atoms with Crippen LogP contribution in [0.15, 0.2) is 17.5 Å². The molecule has 1 aliphatic rings. The van der Waals surface area contributed by atoms with Crippen LogP contribution in [-0.4, -0.2) is 36.6 Å².